The van der Waals surface area contributed by atoms with Gasteiger partial charge in [-0.05, 0) is 26.1 Å². The van der Waals surface area contributed by atoms with Crippen molar-refractivity contribution in [2.45, 2.75) is 19.4 Å². The molecule has 1 N–H and O–H groups in total. The van der Waals surface area contributed by atoms with Crippen molar-refractivity contribution in [2.24, 2.45) is 0 Å². The van der Waals surface area contributed by atoms with Crippen molar-refractivity contribution in [2.75, 3.05) is 27.4 Å². The Morgan fingerprint density at radius 2 is 1.89 bits per heavy atom. The zero-order chi connectivity index (χ0) is 14.1. The Morgan fingerprint density at radius 1 is 1.26 bits per heavy atom. The number of ether oxygens (including phenoxy) is 3. The molecule has 1 aromatic rings. The summed E-state index contributed by atoms with van der Waals surface area (Å²) >= 11 is 0. The Hall–Kier alpha value is -1.75. The van der Waals surface area contributed by atoms with Gasteiger partial charge in [-0.1, -0.05) is 12.1 Å². The number of methoxy groups -OCH3 is 1. The largest absolute Gasteiger partial charge is 0.490 e. The topological polar surface area (TPSA) is 56.8 Å². The first kappa shape index (κ1) is 15.3. The Bertz CT molecular complexity index is 395. The zero-order valence-electron chi connectivity index (χ0n) is 11.6. The van der Waals surface area contributed by atoms with Gasteiger partial charge >= 0.3 is 5.97 Å². The van der Waals surface area contributed by atoms with E-state index < -0.39 is 0 Å². The Labute approximate surface area is 113 Å². The highest BCUT2D eigenvalue weighted by Crippen LogP contribution is 2.26. The summed E-state index contributed by atoms with van der Waals surface area (Å²) in [5.74, 6) is 1.11. The number of carbonyl (C=O) groups is 1. The minimum absolute atomic E-state index is 0.288. The molecule has 0 saturated carbocycles. The molecular formula is C14H21NO4. The predicted molar refractivity (Wildman–Crippen MR) is 72.6 cm³/mol. The quantitative estimate of drug-likeness (QED) is 0.725. The van der Waals surface area contributed by atoms with Crippen LogP contribution in [0.4, 0.5) is 0 Å². The first-order chi connectivity index (χ1) is 9.22. The fraction of sp³-hybridized carbons (Fsp3) is 0.500. The summed E-state index contributed by atoms with van der Waals surface area (Å²) in [5.41, 5.74) is 0. The van der Waals surface area contributed by atoms with E-state index in [0.717, 1.165) is 0 Å². The van der Waals surface area contributed by atoms with E-state index >= 15 is 0 Å². The third kappa shape index (κ3) is 4.79. The van der Waals surface area contributed by atoms with Crippen LogP contribution in [-0.4, -0.2) is 39.4 Å². The molecule has 0 aliphatic carbocycles. The van der Waals surface area contributed by atoms with Gasteiger partial charge in [-0.2, -0.15) is 0 Å². The Kier molecular flexibility index (Phi) is 6.74. The maximum atomic E-state index is 11.4. The maximum absolute atomic E-state index is 11.4. The summed E-state index contributed by atoms with van der Waals surface area (Å²) in [6, 6.07) is 7.12. The number of likely N-dealkylation sites (N-methyl/N-ethyl adjacent to an activating group) is 1. The Morgan fingerprint density at radius 3 is 2.42 bits per heavy atom. The van der Waals surface area contributed by atoms with Crippen molar-refractivity contribution in [1.82, 2.24) is 5.32 Å². The van der Waals surface area contributed by atoms with Crippen molar-refractivity contribution >= 4 is 5.97 Å². The second kappa shape index (κ2) is 8.37. The number of rotatable bonds is 8. The van der Waals surface area contributed by atoms with Gasteiger partial charge in [-0.15, -0.1) is 0 Å². The van der Waals surface area contributed by atoms with Crippen LogP contribution in [-0.2, 0) is 9.53 Å². The number of para-hydroxylation sites is 2. The van der Waals surface area contributed by atoms with Crippen molar-refractivity contribution in [3.05, 3.63) is 24.3 Å². The van der Waals surface area contributed by atoms with Crippen LogP contribution in [0.2, 0.25) is 0 Å². The number of carbonyl (C=O) groups excluding carboxylic acids is 1. The molecule has 1 rings (SSSR count). The molecule has 1 unspecified atom stereocenters. The van der Waals surface area contributed by atoms with Gasteiger partial charge in [0.2, 0.25) is 0 Å². The number of benzene rings is 1. The minimum Gasteiger partial charge on any atom is -0.490 e. The van der Waals surface area contributed by atoms with E-state index in [0.29, 0.717) is 31.1 Å². The van der Waals surface area contributed by atoms with Crippen LogP contribution in [0.15, 0.2) is 24.3 Å². The van der Waals surface area contributed by atoms with Gasteiger partial charge in [-0.3, -0.25) is 4.79 Å². The summed E-state index contributed by atoms with van der Waals surface area (Å²) < 4.78 is 15.8. The highest BCUT2D eigenvalue weighted by atomic mass is 16.5. The first-order valence-electron chi connectivity index (χ1n) is 6.32. The Balaban J connectivity index is 2.50. The van der Waals surface area contributed by atoms with Crippen molar-refractivity contribution in [3.8, 4) is 11.5 Å². The lowest BCUT2D eigenvalue weighted by Gasteiger charge is -2.15. The molecule has 0 heterocycles. The molecule has 0 spiro atoms. The lowest BCUT2D eigenvalue weighted by atomic mass is 10.2. The first-order valence-corrected chi connectivity index (χ1v) is 6.32. The standard InChI is InChI=1S/C14H21NO4/c1-4-18-12-7-5-6-8-13(12)19-10-9-11(15-2)14(16)17-3/h5-8,11,15H,4,9-10H2,1-3H3. The van der Waals surface area contributed by atoms with Crippen molar-refractivity contribution in [1.29, 1.82) is 0 Å². The fourth-order valence-electron chi connectivity index (χ4n) is 1.65. The van der Waals surface area contributed by atoms with Crippen molar-refractivity contribution < 1.29 is 19.0 Å². The summed E-state index contributed by atoms with van der Waals surface area (Å²) in [6.07, 6.45) is 0.531. The SMILES string of the molecule is CCOc1ccccc1OCCC(NC)C(=O)OC. The van der Waals surface area contributed by atoms with Crippen LogP contribution in [0.5, 0.6) is 11.5 Å². The average molecular weight is 267 g/mol. The molecule has 19 heavy (non-hydrogen) atoms. The van der Waals surface area contributed by atoms with Crippen LogP contribution in [0.1, 0.15) is 13.3 Å². The molecule has 0 radical (unpaired) electrons. The molecule has 0 bridgehead atoms. The van der Waals surface area contributed by atoms with Crippen LogP contribution in [0, 0.1) is 0 Å². The highest BCUT2D eigenvalue weighted by Gasteiger charge is 2.16. The third-order valence-corrected chi connectivity index (χ3v) is 2.65. The molecular weight excluding hydrogens is 246 g/mol. The third-order valence-electron chi connectivity index (χ3n) is 2.65. The lowest BCUT2D eigenvalue weighted by molar-refractivity contribution is -0.143. The molecule has 0 saturated heterocycles. The minimum atomic E-state index is -0.357. The van der Waals surface area contributed by atoms with Crippen molar-refractivity contribution in [3.63, 3.8) is 0 Å². The van der Waals surface area contributed by atoms with E-state index in [4.69, 9.17) is 9.47 Å². The molecule has 106 valence electrons. The van der Waals surface area contributed by atoms with E-state index in [1.807, 2.05) is 31.2 Å². The lowest BCUT2D eigenvalue weighted by Crippen LogP contribution is -2.36. The average Bonchev–Trinajstić information content (AvgIpc) is 2.45. The summed E-state index contributed by atoms with van der Waals surface area (Å²) in [7, 11) is 3.09. The monoisotopic (exact) mass is 267 g/mol. The second-order valence-corrected chi connectivity index (χ2v) is 3.88. The van der Waals surface area contributed by atoms with E-state index in [1.165, 1.54) is 7.11 Å². The molecule has 0 fully saturated rings. The van der Waals surface area contributed by atoms with E-state index in [2.05, 4.69) is 10.1 Å². The van der Waals surface area contributed by atoms with Gasteiger partial charge in [0.25, 0.3) is 0 Å². The summed E-state index contributed by atoms with van der Waals surface area (Å²) in [5, 5.41) is 2.89. The second-order valence-electron chi connectivity index (χ2n) is 3.88. The van der Waals surface area contributed by atoms with Gasteiger partial charge < -0.3 is 19.5 Å². The van der Waals surface area contributed by atoms with Crippen LogP contribution in [0.25, 0.3) is 0 Å². The van der Waals surface area contributed by atoms with Gasteiger partial charge in [0.15, 0.2) is 11.5 Å². The zero-order valence-corrected chi connectivity index (χ0v) is 11.6. The molecule has 0 amide bonds. The number of hydrogen-bond acceptors (Lipinski definition) is 5. The number of esters is 1. The summed E-state index contributed by atoms with van der Waals surface area (Å²) in [6.45, 7) is 2.91. The molecule has 5 nitrogen and oxygen atoms in total. The molecule has 0 aliphatic heterocycles. The smallest absolute Gasteiger partial charge is 0.322 e. The normalized spacial score (nSPS) is 11.7. The number of nitrogens with one attached hydrogen (secondary N) is 1. The van der Waals surface area contributed by atoms with Gasteiger partial charge in [-0.25, -0.2) is 0 Å². The maximum Gasteiger partial charge on any atom is 0.322 e. The molecule has 1 aromatic carbocycles. The van der Waals surface area contributed by atoms with E-state index in [1.54, 1.807) is 7.05 Å². The van der Waals surface area contributed by atoms with Crippen LogP contribution < -0.4 is 14.8 Å². The molecule has 5 heteroatoms. The van der Waals surface area contributed by atoms with Gasteiger partial charge in [0, 0.05) is 6.42 Å². The predicted octanol–water partition coefficient (Wildman–Crippen LogP) is 1.62. The van der Waals surface area contributed by atoms with Gasteiger partial charge in [0.05, 0.1) is 20.3 Å². The van der Waals surface area contributed by atoms with Crippen LogP contribution >= 0.6 is 0 Å². The van der Waals surface area contributed by atoms with Gasteiger partial charge in [0.1, 0.15) is 6.04 Å². The van der Waals surface area contributed by atoms with Crippen LogP contribution in [0.3, 0.4) is 0 Å². The highest BCUT2D eigenvalue weighted by molar-refractivity contribution is 5.75. The van der Waals surface area contributed by atoms with E-state index in [9.17, 15) is 4.79 Å². The summed E-state index contributed by atoms with van der Waals surface area (Å²) in [4.78, 5) is 11.4. The molecule has 0 aromatic heterocycles. The fourth-order valence-corrected chi connectivity index (χ4v) is 1.65. The van der Waals surface area contributed by atoms with E-state index in [-0.39, 0.29) is 12.0 Å². The molecule has 0 aliphatic rings. The molecule has 1 atom stereocenters. The number of hydrogen-bond donors (Lipinski definition) is 1.